The predicted octanol–water partition coefficient (Wildman–Crippen LogP) is 7.47. The lowest BCUT2D eigenvalue weighted by molar-refractivity contribution is 0.648. The van der Waals surface area contributed by atoms with Gasteiger partial charge in [-0.15, -0.1) is 6.58 Å². The van der Waals surface area contributed by atoms with Gasteiger partial charge in [0.2, 0.25) is 0 Å². The first-order chi connectivity index (χ1) is 13.1. The first-order valence-electron chi connectivity index (χ1n) is 9.77. The van der Waals surface area contributed by atoms with Gasteiger partial charge in [-0.05, 0) is 71.3 Å². The highest BCUT2D eigenvalue weighted by Gasteiger charge is 2.08. The van der Waals surface area contributed by atoms with Crippen molar-refractivity contribution in [3.63, 3.8) is 0 Å². The van der Waals surface area contributed by atoms with Crippen LogP contribution >= 0.6 is 0 Å². The maximum absolute atomic E-state index is 9.40. The number of aryl methyl sites for hydroxylation is 2. The van der Waals surface area contributed by atoms with Gasteiger partial charge < -0.3 is 0 Å². The molecule has 27 heavy (non-hydrogen) atoms. The van der Waals surface area contributed by atoms with E-state index in [0.717, 1.165) is 24.0 Å². The molecular weight excluding hydrogens is 326 g/mol. The predicted molar refractivity (Wildman–Crippen MR) is 118 cm³/mol. The molecule has 0 bridgehead atoms. The number of nitrogens with zero attached hydrogens (tertiary/aromatic N) is 1. The number of hydrogen-bond acceptors (Lipinski definition) is 1. The van der Waals surface area contributed by atoms with Crippen molar-refractivity contribution < 1.29 is 0 Å². The van der Waals surface area contributed by atoms with Crippen molar-refractivity contribution >= 4 is 10.8 Å². The Hall–Kier alpha value is -2.85. The minimum absolute atomic E-state index is 0.458. The molecule has 0 amide bonds. The molecule has 0 saturated carbocycles. The number of nitriles is 1. The van der Waals surface area contributed by atoms with E-state index in [1.54, 1.807) is 0 Å². The van der Waals surface area contributed by atoms with Gasteiger partial charge in [-0.25, -0.2) is 0 Å². The van der Waals surface area contributed by atoms with Gasteiger partial charge in [-0.3, -0.25) is 0 Å². The Morgan fingerprint density at radius 3 is 2.30 bits per heavy atom. The molecule has 3 aromatic carbocycles. The maximum Gasteiger partial charge on any atom is 0.0994 e. The smallest absolute Gasteiger partial charge is 0.0994 e. The SMILES string of the molecule is C=CC(C)CCc1cc(-c2ccc3cc(C)ccc3c2)ccc1C#N.CC. The van der Waals surface area contributed by atoms with E-state index >= 15 is 0 Å². The fraction of sp³-hybridized carbons (Fsp3) is 0.269. The van der Waals surface area contributed by atoms with Crippen molar-refractivity contribution in [2.45, 2.75) is 40.5 Å². The van der Waals surface area contributed by atoms with Crippen molar-refractivity contribution in [2.75, 3.05) is 0 Å². The van der Waals surface area contributed by atoms with E-state index in [1.807, 2.05) is 32.1 Å². The van der Waals surface area contributed by atoms with E-state index < -0.39 is 0 Å². The van der Waals surface area contributed by atoms with E-state index in [-0.39, 0.29) is 0 Å². The minimum atomic E-state index is 0.458. The molecule has 0 aromatic heterocycles. The van der Waals surface area contributed by atoms with Crippen LogP contribution in [0.5, 0.6) is 0 Å². The number of hydrogen-bond donors (Lipinski definition) is 0. The van der Waals surface area contributed by atoms with Gasteiger partial charge in [0.25, 0.3) is 0 Å². The van der Waals surface area contributed by atoms with E-state index in [0.29, 0.717) is 5.92 Å². The average Bonchev–Trinajstić information content (AvgIpc) is 2.72. The summed E-state index contributed by atoms with van der Waals surface area (Å²) in [7, 11) is 0. The molecule has 0 spiro atoms. The van der Waals surface area contributed by atoms with Crippen LogP contribution in [0.2, 0.25) is 0 Å². The quantitative estimate of drug-likeness (QED) is 0.435. The third-order valence-corrected chi connectivity index (χ3v) is 4.83. The van der Waals surface area contributed by atoms with Crippen molar-refractivity contribution in [1.82, 2.24) is 0 Å². The van der Waals surface area contributed by atoms with Gasteiger partial charge in [0.15, 0.2) is 0 Å². The van der Waals surface area contributed by atoms with E-state index in [1.165, 1.54) is 27.5 Å². The van der Waals surface area contributed by atoms with Crippen LogP contribution in [0.25, 0.3) is 21.9 Å². The molecule has 0 aliphatic carbocycles. The van der Waals surface area contributed by atoms with Gasteiger partial charge >= 0.3 is 0 Å². The van der Waals surface area contributed by atoms with Crippen molar-refractivity contribution in [1.29, 1.82) is 5.26 Å². The Kier molecular flexibility index (Phi) is 7.38. The summed E-state index contributed by atoms with van der Waals surface area (Å²) in [5.74, 6) is 0.458. The van der Waals surface area contributed by atoms with Crippen LogP contribution in [0.3, 0.4) is 0 Å². The molecule has 0 heterocycles. The Balaban J connectivity index is 0.00000126. The van der Waals surface area contributed by atoms with E-state index in [4.69, 9.17) is 0 Å². The first kappa shape index (κ1) is 20.5. The fourth-order valence-electron chi connectivity index (χ4n) is 3.13. The number of fused-ring (bicyclic) bond motifs is 1. The Morgan fingerprint density at radius 1 is 0.963 bits per heavy atom. The van der Waals surface area contributed by atoms with Gasteiger partial charge in [0.1, 0.15) is 0 Å². The molecule has 1 unspecified atom stereocenters. The zero-order chi connectivity index (χ0) is 19.8. The minimum Gasteiger partial charge on any atom is -0.192 e. The number of rotatable bonds is 5. The monoisotopic (exact) mass is 355 g/mol. The number of benzene rings is 3. The maximum atomic E-state index is 9.40. The van der Waals surface area contributed by atoms with Gasteiger partial charge in [-0.1, -0.05) is 68.8 Å². The summed E-state index contributed by atoms with van der Waals surface area (Å²) < 4.78 is 0. The molecule has 138 valence electrons. The highest BCUT2D eigenvalue weighted by molar-refractivity contribution is 5.88. The van der Waals surface area contributed by atoms with Crippen LogP contribution in [0.4, 0.5) is 0 Å². The molecule has 1 heteroatoms. The van der Waals surface area contributed by atoms with Crippen molar-refractivity contribution in [2.24, 2.45) is 5.92 Å². The van der Waals surface area contributed by atoms with Crippen molar-refractivity contribution in [3.8, 4) is 17.2 Å². The summed E-state index contributed by atoms with van der Waals surface area (Å²) in [6.07, 6.45) is 3.89. The molecule has 1 atom stereocenters. The van der Waals surface area contributed by atoms with Crippen LogP contribution in [0.15, 0.2) is 67.3 Å². The van der Waals surface area contributed by atoms with Crippen molar-refractivity contribution in [3.05, 3.63) is 83.9 Å². The lowest BCUT2D eigenvalue weighted by Gasteiger charge is -2.11. The topological polar surface area (TPSA) is 23.8 Å². The zero-order valence-electron chi connectivity index (χ0n) is 16.9. The van der Waals surface area contributed by atoms with Crippen LogP contribution in [-0.2, 0) is 6.42 Å². The molecule has 0 aliphatic heterocycles. The average molecular weight is 356 g/mol. The normalized spacial score (nSPS) is 11.2. The van der Waals surface area contributed by atoms with E-state index in [2.05, 4.69) is 69.0 Å². The molecular formula is C26H29N. The number of allylic oxidation sites excluding steroid dienone is 1. The Labute approximate surface area is 164 Å². The molecule has 0 fully saturated rings. The molecule has 0 N–H and O–H groups in total. The summed E-state index contributed by atoms with van der Waals surface area (Å²) in [4.78, 5) is 0. The standard InChI is InChI=1S/C24H23N.C2H6/c1-4-17(2)5-7-23-15-22(11-12-24(23)16-25)21-10-9-19-13-18(3)6-8-20(19)14-21;1-2/h4,6,8-15,17H,1,5,7H2,2-3H3;1-2H3. The molecule has 1 nitrogen and oxygen atoms in total. The summed E-state index contributed by atoms with van der Waals surface area (Å²) in [5.41, 5.74) is 5.54. The molecule has 0 saturated heterocycles. The van der Waals surface area contributed by atoms with Gasteiger partial charge in [0.05, 0.1) is 11.6 Å². The second kappa shape index (κ2) is 9.74. The van der Waals surface area contributed by atoms with Gasteiger partial charge in [0, 0.05) is 0 Å². The summed E-state index contributed by atoms with van der Waals surface area (Å²) in [6, 6.07) is 21.6. The lowest BCUT2D eigenvalue weighted by atomic mass is 9.93. The van der Waals surface area contributed by atoms with Crippen LogP contribution in [0.1, 0.15) is 43.9 Å². The molecule has 3 rings (SSSR count). The Bertz CT molecular complexity index is 960. The fourth-order valence-corrected chi connectivity index (χ4v) is 3.13. The van der Waals surface area contributed by atoms with Crippen LogP contribution in [-0.4, -0.2) is 0 Å². The third kappa shape index (κ3) is 5.08. The lowest BCUT2D eigenvalue weighted by Crippen LogP contribution is -1.97. The van der Waals surface area contributed by atoms with E-state index in [9.17, 15) is 5.26 Å². The molecule has 0 radical (unpaired) electrons. The van der Waals surface area contributed by atoms with Gasteiger partial charge in [-0.2, -0.15) is 5.26 Å². The zero-order valence-corrected chi connectivity index (χ0v) is 16.9. The second-order valence-corrected chi connectivity index (χ2v) is 6.80. The van der Waals surface area contributed by atoms with Crippen LogP contribution < -0.4 is 0 Å². The summed E-state index contributed by atoms with van der Waals surface area (Å²) in [5, 5.41) is 11.9. The Morgan fingerprint density at radius 2 is 1.59 bits per heavy atom. The highest BCUT2D eigenvalue weighted by Crippen LogP contribution is 2.27. The summed E-state index contributed by atoms with van der Waals surface area (Å²) in [6.45, 7) is 12.1. The summed E-state index contributed by atoms with van der Waals surface area (Å²) >= 11 is 0. The molecule has 0 aliphatic rings. The largest absolute Gasteiger partial charge is 0.192 e. The second-order valence-electron chi connectivity index (χ2n) is 6.80. The first-order valence-corrected chi connectivity index (χ1v) is 9.77. The van der Waals surface area contributed by atoms with Crippen LogP contribution in [0, 0.1) is 24.2 Å². The highest BCUT2D eigenvalue weighted by atomic mass is 14.2. The molecule has 3 aromatic rings. The third-order valence-electron chi connectivity index (χ3n) is 4.83.